The lowest BCUT2D eigenvalue weighted by atomic mass is 10.1. The van der Waals surface area contributed by atoms with Gasteiger partial charge in [0.25, 0.3) is 5.78 Å². The molecule has 3 aromatic rings. The molecule has 4 rings (SSSR count). The van der Waals surface area contributed by atoms with Crippen molar-refractivity contribution in [3.63, 3.8) is 0 Å². The van der Waals surface area contributed by atoms with E-state index in [9.17, 15) is 0 Å². The Kier molecular flexibility index (Phi) is 3.44. The second-order valence-electron chi connectivity index (χ2n) is 5.96. The van der Waals surface area contributed by atoms with E-state index in [2.05, 4.69) is 30.1 Å². The topological polar surface area (TPSA) is 85.2 Å². The third-order valence-corrected chi connectivity index (χ3v) is 4.25. The van der Waals surface area contributed by atoms with Crippen LogP contribution in [0.25, 0.3) is 5.78 Å². The zero-order valence-corrected chi connectivity index (χ0v) is 13.3. The van der Waals surface area contributed by atoms with Crippen molar-refractivity contribution in [2.24, 2.45) is 0 Å². The van der Waals surface area contributed by atoms with Crippen molar-refractivity contribution < 1.29 is 4.52 Å². The number of nitrogens with zero attached hydrogens (tertiary/aromatic N) is 7. The SMILES string of the molecule is Cc1cc(N2CCCCC[C@@H]2c2noc(C)n2)n2ncnc2n1. The second kappa shape index (κ2) is 5.60. The molecular weight excluding hydrogens is 294 g/mol. The molecule has 8 nitrogen and oxygen atoms in total. The Labute approximate surface area is 133 Å². The van der Waals surface area contributed by atoms with Gasteiger partial charge in [0, 0.05) is 25.2 Å². The fourth-order valence-electron chi connectivity index (χ4n) is 3.22. The zero-order chi connectivity index (χ0) is 15.8. The van der Waals surface area contributed by atoms with Crippen molar-refractivity contribution in [3.05, 3.63) is 29.8 Å². The van der Waals surface area contributed by atoms with Gasteiger partial charge in [-0.3, -0.25) is 0 Å². The third kappa shape index (κ3) is 2.54. The Morgan fingerprint density at radius 1 is 1.17 bits per heavy atom. The number of fused-ring (bicyclic) bond motifs is 1. The van der Waals surface area contributed by atoms with Crippen LogP contribution in [-0.2, 0) is 0 Å². The van der Waals surface area contributed by atoms with E-state index in [-0.39, 0.29) is 6.04 Å². The Morgan fingerprint density at radius 2 is 2.09 bits per heavy atom. The van der Waals surface area contributed by atoms with E-state index in [1.807, 2.05) is 19.9 Å². The smallest absolute Gasteiger partial charge is 0.254 e. The lowest BCUT2D eigenvalue weighted by Gasteiger charge is -2.29. The number of aryl methyl sites for hydroxylation is 2. The maximum absolute atomic E-state index is 5.20. The van der Waals surface area contributed by atoms with Crippen molar-refractivity contribution in [1.29, 1.82) is 0 Å². The van der Waals surface area contributed by atoms with Crippen LogP contribution in [0.2, 0.25) is 0 Å². The molecule has 0 N–H and O–H groups in total. The van der Waals surface area contributed by atoms with Gasteiger partial charge in [0.2, 0.25) is 5.89 Å². The normalized spacial score (nSPS) is 19.2. The lowest BCUT2D eigenvalue weighted by molar-refractivity contribution is 0.380. The van der Waals surface area contributed by atoms with Crippen molar-refractivity contribution in [2.75, 3.05) is 11.4 Å². The summed E-state index contributed by atoms with van der Waals surface area (Å²) in [6, 6.07) is 2.14. The highest BCUT2D eigenvalue weighted by Gasteiger charge is 2.29. The average Bonchev–Trinajstić information content (AvgIpc) is 3.09. The number of rotatable bonds is 2. The molecule has 1 saturated heterocycles. The molecule has 0 unspecified atom stereocenters. The Morgan fingerprint density at radius 3 is 2.91 bits per heavy atom. The van der Waals surface area contributed by atoms with Crippen LogP contribution >= 0.6 is 0 Å². The average molecular weight is 313 g/mol. The summed E-state index contributed by atoms with van der Waals surface area (Å²) >= 11 is 0. The molecule has 0 saturated carbocycles. The summed E-state index contributed by atoms with van der Waals surface area (Å²) < 4.78 is 6.99. The highest BCUT2D eigenvalue weighted by molar-refractivity contribution is 5.48. The van der Waals surface area contributed by atoms with Gasteiger partial charge in [-0.25, -0.2) is 4.98 Å². The molecule has 3 aromatic heterocycles. The fourth-order valence-corrected chi connectivity index (χ4v) is 3.22. The van der Waals surface area contributed by atoms with Crippen molar-refractivity contribution >= 4 is 11.6 Å². The Bertz CT molecular complexity index is 824. The molecule has 1 aliphatic rings. The Hall–Kier alpha value is -2.51. The number of hydrogen-bond donors (Lipinski definition) is 0. The van der Waals surface area contributed by atoms with Crippen LogP contribution in [0.5, 0.6) is 0 Å². The molecule has 23 heavy (non-hydrogen) atoms. The summed E-state index contributed by atoms with van der Waals surface area (Å²) in [5, 5.41) is 8.49. The van der Waals surface area contributed by atoms with Crippen molar-refractivity contribution in [2.45, 2.75) is 45.6 Å². The largest absolute Gasteiger partial charge is 0.346 e. The maximum atomic E-state index is 5.20. The molecule has 0 aliphatic carbocycles. The molecule has 1 fully saturated rings. The molecule has 4 heterocycles. The highest BCUT2D eigenvalue weighted by Crippen LogP contribution is 2.33. The Balaban J connectivity index is 1.83. The van der Waals surface area contributed by atoms with Crippen LogP contribution in [0.3, 0.4) is 0 Å². The number of anilines is 1. The van der Waals surface area contributed by atoms with Gasteiger partial charge in [-0.15, -0.1) is 0 Å². The van der Waals surface area contributed by atoms with Gasteiger partial charge >= 0.3 is 0 Å². The van der Waals surface area contributed by atoms with Crippen LogP contribution in [-0.4, -0.2) is 36.3 Å². The summed E-state index contributed by atoms with van der Waals surface area (Å²) in [6.07, 6.45) is 6.02. The van der Waals surface area contributed by atoms with Crippen LogP contribution in [0.4, 0.5) is 5.82 Å². The predicted octanol–water partition coefficient (Wildman–Crippen LogP) is 2.25. The summed E-state index contributed by atoms with van der Waals surface area (Å²) in [4.78, 5) is 15.4. The molecule has 1 atom stereocenters. The fraction of sp³-hybridized carbons (Fsp3) is 0.533. The summed E-state index contributed by atoms with van der Waals surface area (Å²) in [5.41, 5.74) is 0.924. The molecule has 0 amide bonds. The summed E-state index contributed by atoms with van der Waals surface area (Å²) in [7, 11) is 0. The van der Waals surface area contributed by atoms with Gasteiger partial charge in [0.15, 0.2) is 5.82 Å². The van der Waals surface area contributed by atoms with Gasteiger partial charge in [-0.2, -0.15) is 19.6 Å². The number of aromatic nitrogens is 6. The minimum atomic E-state index is 0.0872. The van der Waals surface area contributed by atoms with Crippen LogP contribution in [0.1, 0.15) is 49.1 Å². The molecule has 1 aliphatic heterocycles. The van der Waals surface area contributed by atoms with Gasteiger partial charge in [0.1, 0.15) is 12.1 Å². The summed E-state index contributed by atoms with van der Waals surface area (Å²) in [5.74, 6) is 2.94. The van der Waals surface area contributed by atoms with E-state index in [4.69, 9.17) is 4.52 Å². The first-order chi connectivity index (χ1) is 11.2. The van der Waals surface area contributed by atoms with E-state index in [1.165, 1.54) is 12.7 Å². The van der Waals surface area contributed by atoms with Crippen LogP contribution in [0, 0.1) is 13.8 Å². The van der Waals surface area contributed by atoms with Crippen molar-refractivity contribution in [3.8, 4) is 0 Å². The molecule has 0 aromatic carbocycles. The molecule has 0 radical (unpaired) electrons. The molecule has 8 heteroatoms. The number of hydrogen-bond acceptors (Lipinski definition) is 7. The first kappa shape index (κ1) is 14.1. The van der Waals surface area contributed by atoms with Gasteiger partial charge in [0.05, 0.1) is 6.04 Å². The quantitative estimate of drug-likeness (QED) is 0.717. The lowest BCUT2D eigenvalue weighted by Crippen LogP contribution is -2.31. The van der Waals surface area contributed by atoms with Crippen molar-refractivity contribution in [1.82, 2.24) is 29.7 Å². The standard InChI is InChI=1S/C15H19N7O/c1-10-8-13(22-15(18-10)16-9-17-22)21-7-5-3-4-6-12(21)14-19-11(2)23-20-14/h8-9,12H,3-7H2,1-2H3/t12-/m1/s1. The minimum Gasteiger partial charge on any atom is -0.346 e. The van der Waals surface area contributed by atoms with Gasteiger partial charge in [-0.1, -0.05) is 18.0 Å². The van der Waals surface area contributed by atoms with E-state index >= 15 is 0 Å². The molecular formula is C15H19N7O. The van der Waals surface area contributed by atoms with Crippen LogP contribution < -0.4 is 4.90 Å². The van der Waals surface area contributed by atoms with E-state index in [1.54, 1.807) is 4.52 Å². The van der Waals surface area contributed by atoms with E-state index < -0.39 is 0 Å². The molecule has 0 bridgehead atoms. The third-order valence-electron chi connectivity index (χ3n) is 4.25. The van der Waals surface area contributed by atoms with Gasteiger partial charge < -0.3 is 9.42 Å². The van der Waals surface area contributed by atoms with Gasteiger partial charge in [-0.05, 0) is 19.8 Å². The maximum Gasteiger partial charge on any atom is 0.254 e. The zero-order valence-electron chi connectivity index (χ0n) is 13.3. The first-order valence-electron chi connectivity index (χ1n) is 7.96. The second-order valence-corrected chi connectivity index (χ2v) is 5.96. The molecule has 120 valence electrons. The highest BCUT2D eigenvalue weighted by atomic mass is 16.5. The van der Waals surface area contributed by atoms with E-state index in [0.717, 1.165) is 43.1 Å². The molecule has 0 spiro atoms. The summed E-state index contributed by atoms with van der Waals surface area (Å²) in [6.45, 7) is 4.73. The predicted molar refractivity (Wildman–Crippen MR) is 83.1 cm³/mol. The first-order valence-corrected chi connectivity index (χ1v) is 7.96. The monoisotopic (exact) mass is 313 g/mol. The van der Waals surface area contributed by atoms with Crippen LogP contribution in [0.15, 0.2) is 16.9 Å². The van der Waals surface area contributed by atoms with E-state index in [0.29, 0.717) is 11.7 Å². The minimum absolute atomic E-state index is 0.0872.